The van der Waals surface area contributed by atoms with Gasteiger partial charge in [0.1, 0.15) is 0 Å². The first-order valence-electron chi connectivity index (χ1n) is 7.01. The van der Waals surface area contributed by atoms with Crippen molar-refractivity contribution in [2.75, 3.05) is 6.54 Å². The van der Waals surface area contributed by atoms with E-state index < -0.39 is 11.7 Å². The molecule has 7 heteroatoms. The average molecular weight is 318 g/mol. The fourth-order valence-electron chi connectivity index (χ4n) is 2.89. The number of likely N-dealkylation sites (tertiary alicyclic amines) is 1. The lowest BCUT2D eigenvalue weighted by Gasteiger charge is -2.17. The van der Waals surface area contributed by atoms with E-state index >= 15 is 0 Å². The Balaban J connectivity index is 1.57. The van der Waals surface area contributed by atoms with Gasteiger partial charge in [0.05, 0.1) is 5.56 Å². The topological polar surface area (TPSA) is 32.3 Å². The third kappa shape index (κ3) is 3.08. The number of halogens is 3. The zero-order valence-electron chi connectivity index (χ0n) is 11.6. The molecule has 3 rings (SSSR count). The fourth-order valence-corrected chi connectivity index (χ4v) is 3.75. The number of carbonyl (C=O) groups is 1. The van der Waals surface area contributed by atoms with Crippen LogP contribution in [0.2, 0.25) is 0 Å². The molecule has 2 aliphatic rings. The Morgan fingerprint density at radius 2 is 2.14 bits per heavy atom. The smallest absolute Gasteiger partial charge is 0.338 e. The number of thiophene rings is 1. The molecule has 1 aliphatic carbocycles. The molecule has 1 saturated heterocycles. The number of nitrogens with zero attached hydrogens (tertiary/aromatic N) is 1. The van der Waals surface area contributed by atoms with Gasteiger partial charge >= 0.3 is 6.18 Å². The van der Waals surface area contributed by atoms with Crippen LogP contribution < -0.4 is 5.32 Å². The molecule has 1 aliphatic heterocycles. The molecule has 1 saturated carbocycles. The van der Waals surface area contributed by atoms with Gasteiger partial charge in [0, 0.05) is 37.0 Å². The van der Waals surface area contributed by atoms with Crippen molar-refractivity contribution in [2.45, 2.75) is 44.6 Å². The van der Waals surface area contributed by atoms with Gasteiger partial charge in [-0.05, 0) is 23.3 Å². The summed E-state index contributed by atoms with van der Waals surface area (Å²) in [5, 5.41) is 5.75. The SMILES string of the molecule is CC1CC1N1CC(NCc2cscc2C(F)(F)F)CC1=O. The van der Waals surface area contributed by atoms with Crippen molar-refractivity contribution in [2.24, 2.45) is 5.92 Å². The van der Waals surface area contributed by atoms with Crippen LogP contribution in [-0.4, -0.2) is 29.4 Å². The number of hydrogen-bond acceptors (Lipinski definition) is 3. The zero-order chi connectivity index (χ0) is 15.2. The van der Waals surface area contributed by atoms with Crippen LogP contribution in [0.1, 0.15) is 30.9 Å². The summed E-state index contributed by atoms with van der Waals surface area (Å²) in [6.45, 7) is 2.88. The Morgan fingerprint density at radius 3 is 2.76 bits per heavy atom. The maximum atomic E-state index is 12.8. The van der Waals surface area contributed by atoms with Gasteiger partial charge < -0.3 is 10.2 Å². The van der Waals surface area contributed by atoms with Gasteiger partial charge in [-0.25, -0.2) is 0 Å². The number of amides is 1. The predicted octanol–water partition coefficient (Wildman–Crippen LogP) is 2.87. The summed E-state index contributed by atoms with van der Waals surface area (Å²) in [7, 11) is 0. The van der Waals surface area contributed by atoms with Crippen molar-refractivity contribution in [3.8, 4) is 0 Å². The van der Waals surface area contributed by atoms with E-state index in [-0.39, 0.29) is 24.1 Å². The molecule has 0 radical (unpaired) electrons. The summed E-state index contributed by atoms with van der Waals surface area (Å²) in [6, 6.07) is 0.294. The van der Waals surface area contributed by atoms with Crippen molar-refractivity contribution < 1.29 is 18.0 Å². The van der Waals surface area contributed by atoms with Crippen LogP contribution in [0.5, 0.6) is 0 Å². The number of alkyl halides is 3. The third-order valence-corrected chi connectivity index (χ3v) is 5.05. The van der Waals surface area contributed by atoms with Gasteiger partial charge in [0.25, 0.3) is 0 Å². The van der Waals surface area contributed by atoms with E-state index in [1.165, 1.54) is 5.38 Å². The van der Waals surface area contributed by atoms with Gasteiger partial charge in [0.2, 0.25) is 5.91 Å². The van der Waals surface area contributed by atoms with E-state index in [0.717, 1.165) is 23.1 Å². The lowest BCUT2D eigenvalue weighted by atomic mass is 10.1. The molecule has 116 valence electrons. The van der Waals surface area contributed by atoms with Gasteiger partial charge in [-0.2, -0.15) is 24.5 Å². The molecule has 0 spiro atoms. The molecule has 0 bridgehead atoms. The van der Waals surface area contributed by atoms with Crippen molar-refractivity contribution >= 4 is 17.2 Å². The van der Waals surface area contributed by atoms with Crippen LogP contribution in [0.25, 0.3) is 0 Å². The lowest BCUT2D eigenvalue weighted by molar-refractivity contribution is -0.138. The second-order valence-corrected chi connectivity index (χ2v) is 6.66. The molecule has 0 aromatic carbocycles. The van der Waals surface area contributed by atoms with E-state index in [4.69, 9.17) is 0 Å². The Kier molecular flexibility index (Phi) is 3.73. The third-order valence-electron chi connectivity index (χ3n) is 4.25. The van der Waals surface area contributed by atoms with Crippen molar-refractivity contribution in [3.05, 3.63) is 21.9 Å². The molecule has 3 nitrogen and oxygen atoms in total. The van der Waals surface area contributed by atoms with Gasteiger partial charge in [-0.1, -0.05) is 6.92 Å². The molecule has 2 fully saturated rings. The molecule has 3 unspecified atom stereocenters. The molecule has 1 amide bonds. The maximum Gasteiger partial charge on any atom is 0.417 e. The molecule has 3 atom stereocenters. The van der Waals surface area contributed by atoms with Gasteiger partial charge in [-0.3, -0.25) is 4.79 Å². The molecule has 1 aromatic rings. The Hall–Kier alpha value is -1.08. The summed E-state index contributed by atoms with van der Waals surface area (Å²) in [6.07, 6.45) is -2.88. The number of nitrogens with one attached hydrogen (secondary N) is 1. The van der Waals surface area contributed by atoms with E-state index in [0.29, 0.717) is 24.9 Å². The van der Waals surface area contributed by atoms with E-state index in [1.54, 1.807) is 0 Å². The minimum Gasteiger partial charge on any atom is -0.338 e. The monoisotopic (exact) mass is 318 g/mol. The maximum absolute atomic E-state index is 12.8. The number of rotatable bonds is 4. The van der Waals surface area contributed by atoms with Crippen molar-refractivity contribution in [1.82, 2.24) is 10.2 Å². The highest BCUT2D eigenvalue weighted by molar-refractivity contribution is 7.08. The minimum absolute atomic E-state index is 0.0497. The molecule has 2 heterocycles. The summed E-state index contributed by atoms with van der Waals surface area (Å²) >= 11 is 1.05. The highest BCUT2D eigenvalue weighted by Gasteiger charge is 2.44. The highest BCUT2D eigenvalue weighted by Crippen LogP contribution is 2.37. The van der Waals surface area contributed by atoms with Crippen LogP contribution in [0, 0.1) is 5.92 Å². The summed E-state index contributed by atoms with van der Waals surface area (Å²) < 4.78 is 38.3. The second kappa shape index (κ2) is 5.28. The Morgan fingerprint density at radius 1 is 1.43 bits per heavy atom. The second-order valence-electron chi connectivity index (χ2n) is 5.92. The van der Waals surface area contributed by atoms with E-state index in [2.05, 4.69) is 12.2 Å². The van der Waals surface area contributed by atoms with Crippen LogP contribution in [-0.2, 0) is 17.5 Å². The Labute approximate surface area is 125 Å². The Bertz CT molecular complexity index is 543. The number of carbonyl (C=O) groups excluding carboxylic acids is 1. The molecule has 1 N–H and O–H groups in total. The lowest BCUT2D eigenvalue weighted by Crippen LogP contribution is -2.34. The fraction of sp³-hybridized carbons (Fsp3) is 0.643. The predicted molar refractivity (Wildman–Crippen MR) is 73.8 cm³/mol. The summed E-state index contributed by atoms with van der Waals surface area (Å²) in [5.41, 5.74) is -0.310. The molecule has 1 aromatic heterocycles. The van der Waals surface area contributed by atoms with Gasteiger partial charge in [-0.15, -0.1) is 0 Å². The minimum atomic E-state index is -4.31. The quantitative estimate of drug-likeness (QED) is 0.926. The zero-order valence-corrected chi connectivity index (χ0v) is 12.4. The molecular formula is C14H17F3N2OS. The molecule has 21 heavy (non-hydrogen) atoms. The summed E-state index contributed by atoms with van der Waals surface area (Å²) in [4.78, 5) is 13.8. The normalized spacial score (nSPS) is 29.2. The first-order chi connectivity index (χ1) is 9.86. The van der Waals surface area contributed by atoms with Crippen molar-refractivity contribution in [3.63, 3.8) is 0 Å². The first-order valence-corrected chi connectivity index (χ1v) is 7.95. The van der Waals surface area contributed by atoms with Crippen LogP contribution in [0.4, 0.5) is 13.2 Å². The summed E-state index contributed by atoms with van der Waals surface area (Å²) in [5.74, 6) is 0.671. The standard InChI is InChI=1S/C14H17F3N2OS/c1-8-2-12(8)19-5-10(3-13(19)20)18-4-9-6-21-7-11(9)14(15,16)17/h6-8,10,12,18H,2-5H2,1H3. The van der Waals surface area contributed by atoms with Crippen molar-refractivity contribution in [1.29, 1.82) is 0 Å². The van der Waals surface area contributed by atoms with E-state index in [9.17, 15) is 18.0 Å². The largest absolute Gasteiger partial charge is 0.417 e. The van der Waals surface area contributed by atoms with Crippen LogP contribution in [0.3, 0.4) is 0 Å². The van der Waals surface area contributed by atoms with E-state index in [1.807, 2.05) is 4.90 Å². The number of hydrogen-bond donors (Lipinski definition) is 1. The van der Waals surface area contributed by atoms with Crippen LogP contribution in [0.15, 0.2) is 10.8 Å². The first kappa shape index (κ1) is 14.8. The average Bonchev–Trinajstić information content (AvgIpc) is 2.82. The van der Waals surface area contributed by atoms with Crippen LogP contribution >= 0.6 is 11.3 Å². The van der Waals surface area contributed by atoms with Gasteiger partial charge in [0.15, 0.2) is 0 Å². The highest BCUT2D eigenvalue weighted by atomic mass is 32.1. The molecular weight excluding hydrogens is 301 g/mol.